The number of nitrogens with zero attached hydrogens (tertiary/aromatic N) is 2. The molecule has 1 aromatic heterocycles. The molecular weight excluding hydrogens is 318 g/mol. The van der Waals surface area contributed by atoms with E-state index < -0.39 is 0 Å². The van der Waals surface area contributed by atoms with Crippen LogP contribution in [0.1, 0.15) is 10.4 Å². The van der Waals surface area contributed by atoms with Crippen molar-refractivity contribution in [1.29, 1.82) is 0 Å². The molecule has 0 aliphatic heterocycles. The minimum Gasteiger partial charge on any atom is -0.350 e. The van der Waals surface area contributed by atoms with E-state index in [1.54, 1.807) is 11.8 Å². The fourth-order valence-electron chi connectivity index (χ4n) is 2.48. The van der Waals surface area contributed by atoms with Gasteiger partial charge in [-0.2, -0.15) is 5.10 Å². The zero-order valence-corrected chi connectivity index (χ0v) is 14.3. The van der Waals surface area contributed by atoms with E-state index in [2.05, 4.69) is 22.5 Å². The molecule has 122 valence electrons. The minimum absolute atomic E-state index is 0.0459. The van der Waals surface area contributed by atoms with Gasteiger partial charge < -0.3 is 5.32 Å². The predicted octanol–water partition coefficient (Wildman–Crippen LogP) is 3.70. The maximum absolute atomic E-state index is 12.3. The van der Waals surface area contributed by atoms with Crippen LogP contribution in [0, 0.1) is 0 Å². The summed E-state index contributed by atoms with van der Waals surface area (Å²) in [6.45, 7) is 1.18. The summed E-state index contributed by atoms with van der Waals surface area (Å²) in [5.41, 5.74) is 2.94. The third-order valence-electron chi connectivity index (χ3n) is 3.72. The van der Waals surface area contributed by atoms with Gasteiger partial charge in [-0.1, -0.05) is 42.5 Å². The minimum atomic E-state index is -0.0459. The highest BCUT2D eigenvalue weighted by Gasteiger charge is 2.09. The Hall–Kier alpha value is -2.53. The molecule has 0 atom stereocenters. The highest BCUT2D eigenvalue weighted by molar-refractivity contribution is 7.98. The lowest BCUT2D eigenvalue weighted by Crippen LogP contribution is -2.27. The smallest absolute Gasteiger partial charge is 0.252 e. The van der Waals surface area contributed by atoms with Crippen molar-refractivity contribution < 1.29 is 4.79 Å². The van der Waals surface area contributed by atoms with Gasteiger partial charge in [-0.3, -0.25) is 9.48 Å². The third-order valence-corrected chi connectivity index (χ3v) is 4.51. The number of thioether (sulfide) groups is 1. The second-order valence-corrected chi connectivity index (χ2v) is 6.16. The summed E-state index contributed by atoms with van der Waals surface area (Å²) in [7, 11) is 0. The Morgan fingerprint density at radius 3 is 2.62 bits per heavy atom. The van der Waals surface area contributed by atoms with E-state index in [1.807, 2.05) is 65.8 Å². The fourth-order valence-corrected chi connectivity index (χ4v) is 3.07. The topological polar surface area (TPSA) is 46.9 Å². The molecule has 2 aromatic carbocycles. The first-order chi connectivity index (χ1) is 11.8. The molecule has 3 aromatic rings. The number of nitrogens with one attached hydrogen (secondary N) is 1. The number of carbonyl (C=O) groups excluding carboxylic acids is 1. The molecule has 0 aliphatic carbocycles. The average molecular weight is 337 g/mol. The lowest BCUT2D eigenvalue weighted by Gasteiger charge is -2.08. The Morgan fingerprint density at radius 2 is 1.83 bits per heavy atom. The van der Waals surface area contributed by atoms with E-state index in [-0.39, 0.29) is 5.91 Å². The number of benzene rings is 2. The molecule has 1 amide bonds. The number of hydrogen-bond acceptors (Lipinski definition) is 3. The van der Waals surface area contributed by atoms with Crippen LogP contribution in [-0.4, -0.2) is 28.5 Å². The largest absolute Gasteiger partial charge is 0.350 e. The van der Waals surface area contributed by atoms with Gasteiger partial charge in [0, 0.05) is 23.2 Å². The molecule has 3 rings (SSSR count). The highest BCUT2D eigenvalue weighted by atomic mass is 32.2. The number of carbonyl (C=O) groups is 1. The van der Waals surface area contributed by atoms with Gasteiger partial charge in [-0.25, -0.2) is 0 Å². The summed E-state index contributed by atoms with van der Waals surface area (Å²) in [5, 5.41) is 7.32. The maximum Gasteiger partial charge on any atom is 0.252 e. The molecule has 1 N–H and O–H groups in total. The van der Waals surface area contributed by atoms with Gasteiger partial charge in [0.2, 0.25) is 0 Å². The van der Waals surface area contributed by atoms with Crippen molar-refractivity contribution in [1.82, 2.24) is 15.1 Å². The van der Waals surface area contributed by atoms with Crippen LogP contribution in [-0.2, 0) is 6.54 Å². The number of hydrogen-bond donors (Lipinski definition) is 1. The molecule has 0 aliphatic rings. The van der Waals surface area contributed by atoms with Gasteiger partial charge in [0.15, 0.2) is 0 Å². The lowest BCUT2D eigenvalue weighted by molar-refractivity contribution is 0.0949. The molecule has 1 heterocycles. The van der Waals surface area contributed by atoms with E-state index >= 15 is 0 Å². The van der Waals surface area contributed by atoms with Crippen LogP contribution < -0.4 is 5.32 Å². The molecule has 0 saturated carbocycles. The molecule has 4 nitrogen and oxygen atoms in total. The second-order valence-electron chi connectivity index (χ2n) is 5.31. The molecule has 0 unspecified atom stereocenters. The van der Waals surface area contributed by atoms with E-state index in [9.17, 15) is 4.79 Å². The van der Waals surface area contributed by atoms with E-state index in [1.165, 1.54) is 0 Å². The van der Waals surface area contributed by atoms with Crippen molar-refractivity contribution in [3.05, 3.63) is 72.6 Å². The van der Waals surface area contributed by atoms with Crippen LogP contribution in [0.15, 0.2) is 71.9 Å². The van der Waals surface area contributed by atoms with Crippen LogP contribution in [0.25, 0.3) is 11.1 Å². The summed E-state index contributed by atoms with van der Waals surface area (Å²) < 4.78 is 1.85. The van der Waals surface area contributed by atoms with Crippen molar-refractivity contribution >= 4 is 17.7 Å². The quantitative estimate of drug-likeness (QED) is 0.698. The molecule has 24 heavy (non-hydrogen) atoms. The Bertz CT molecular complexity index is 814. The highest BCUT2D eigenvalue weighted by Crippen LogP contribution is 2.19. The first-order valence-electron chi connectivity index (χ1n) is 7.77. The van der Waals surface area contributed by atoms with Crippen LogP contribution in [0.4, 0.5) is 0 Å². The maximum atomic E-state index is 12.3. The lowest BCUT2D eigenvalue weighted by atomic mass is 10.1. The number of aromatic nitrogens is 2. The Kier molecular flexibility index (Phi) is 5.33. The molecule has 0 radical (unpaired) electrons. The zero-order chi connectivity index (χ0) is 16.8. The predicted molar refractivity (Wildman–Crippen MR) is 98.2 cm³/mol. The first-order valence-corrected chi connectivity index (χ1v) is 8.99. The standard InChI is InChI=1S/C19H19N3OS/c1-24-18-10-6-5-9-17(18)19(23)20-11-12-22-14-16(13-21-22)15-7-3-2-4-8-15/h2-10,13-14H,11-12H2,1H3,(H,20,23). The van der Waals surface area contributed by atoms with Crippen LogP contribution in [0.5, 0.6) is 0 Å². The van der Waals surface area contributed by atoms with Gasteiger partial charge in [0.05, 0.1) is 18.3 Å². The van der Waals surface area contributed by atoms with E-state index in [0.717, 1.165) is 21.6 Å². The summed E-state index contributed by atoms with van der Waals surface area (Å²) >= 11 is 1.58. The van der Waals surface area contributed by atoms with Crippen molar-refractivity contribution in [2.75, 3.05) is 12.8 Å². The van der Waals surface area contributed by atoms with Crippen LogP contribution in [0.2, 0.25) is 0 Å². The van der Waals surface area contributed by atoms with Gasteiger partial charge in [0.1, 0.15) is 0 Å². The summed E-state index contributed by atoms with van der Waals surface area (Å²) in [4.78, 5) is 13.3. The average Bonchev–Trinajstić information content (AvgIpc) is 3.11. The molecule has 0 spiro atoms. The number of rotatable bonds is 6. The first kappa shape index (κ1) is 16.3. The van der Waals surface area contributed by atoms with Crippen molar-refractivity contribution in [2.45, 2.75) is 11.4 Å². The second kappa shape index (κ2) is 7.84. The van der Waals surface area contributed by atoms with Gasteiger partial charge in [0.25, 0.3) is 5.91 Å². The van der Waals surface area contributed by atoms with Crippen LogP contribution >= 0.6 is 11.8 Å². The zero-order valence-electron chi connectivity index (χ0n) is 13.5. The van der Waals surface area contributed by atoms with Crippen LogP contribution in [0.3, 0.4) is 0 Å². The summed E-state index contributed by atoms with van der Waals surface area (Å²) in [5.74, 6) is -0.0459. The normalized spacial score (nSPS) is 10.5. The van der Waals surface area contributed by atoms with E-state index in [0.29, 0.717) is 13.1 Å². The summed E-state index contributed by atoms with van der Waals surface area (Å²) in [6.07, 6.45) is 5.82. The Labute approximate surface area is 145 Å². The SMILES string of the molecule is CSc1ccccc1C(=O)NCCn1cc(-c2ccccc2)cn1. The van der Waals surface area contributed by atoms with Gasteiger partial charge >= 0.3 is 0 Å². The third kappa shape index (κ3) is 3.86. The molecule has 0 bridgehead atoms. The van der Waals surface area contributed by atoms with Crippen molar-refractivity contribution in [3.8, 4) is 11.1 Å². The van der Waals surface area contributed by atoms with Gasteiger partial charge in [-0.05, 0) is 24.0 Å². The van der Waals surface area contributed by atoms with Crippen molar-refractivity contribution in [2.24, 2.45) is 0 Å². The molecule has 5 heteroatoms. The van der Waals surface area contributed by atoms with E-state index in [4.69, 9.17) is 0 Å². The number of amides is 1. The Balaban J connectivity index is 1.57. The fraction of sp³-hybridized carbons (Fsp3) is 0.158. The molecule has 0 fully saturated rings. The van der Waals surface area contributed by atoms with Crippen molar-refractivity contribution in [3.63, 3.8) is 0 Å². The molecular formula is C19H19N3OS. The monoisotopic (exact) mass is 337 g/mol. The van der Waals surface area contributed by atoms with Gasteiger partial charge in [-0.15, -0.1) is 11.8 Å². The molecule has 0 saturated heterocycles. The Morgan fingerprint density at radius 1 is 1.08 bits per heavy atom. The summed E-state index contributed by atoms with van der Waals surface area (Å²) in [6, 6.07) is 17.8.